The minimum atomic E-state index is -0.692. The van der Waals surface area contributed by atoms with Crippen LogP contribution in [0, 0.1) is 5.92 Å². The Morgan fingerprint density at radius 2 is 2.44 bits per heavy atom. The average Bonchev–Trinajstić information content (AvgIpc) is 2.24. The average molecular weight is 220 g/mol. The van der Waals surface area contributed by atoms with E-state index in [0.717, 1.165) is 18.4 Å². The van der Waals surface area contributed by atoms with E-state index in [0.29, 0.717) is 0 Å². The lowest BCUT2D eigenvalue weighted by Gasteiger charge is -2.36. The van der Waals surface area contributed by atoms with E-state index in [1.165, 1.54) is 0 Å². The predicted octanol–water partition coefficient (Wildman–Crippen LogP) is 1.60. The van der Waals surface area contributed by atoms with Crippen LogP contribution >= 0.6 is 0 Å². The van der Waals surface area contributed by atoms with Crippen LogP contribution in [-0.2, 0) is 4.79 Å². The molecule has 1 saturated carbocycles. The van der Waals surface area contributed by atoms with Gasteiger partial charge in [-0.1, -0.05) is 6.07 Å². The Balaban J connectivity index is 1.93. The quantitative estimate of drug-likeness (QED) is 0.809. The van der Waals surface area contributed by atoms with Crippen molar-refractivity contribution in [2.75, 3.05) is 0 Å². The van der Waals surface area contributed by atoms with Crippen molar-refractivity contribution in [3.63, 3.8) is 0 Å². The van der Waals surface area contributed by atoms with Gasteiger partial charge in [0, 0.05) is 24.5 Å². The summed E-state index contributed by atoms with van der Waals surface area (Å²) >= 11 is 0. The molecule has 0 saturated heterocycles. The van der Waals surface area contributed by atoms with E-state index in [1.54, 1.807) is 6.20 Å². The standard InChI is InChI=1S/C12H16N2O2/c1-8(9-3-2-6-13-7-9)14-11-5-4-10(11)12(15)16/h2-3,6-8,10-11,14H,4-5H2,1H3,(H,15,16)/t8-,10?,11?/m1/s1. The molecule has 0 amide bonds. The second kappa shape index (κ2) is 4.61. The number of rotatable bonds is 4. The van der Waals surface area contributed by atoms with Crippen LogP contribution in [0.1, 0.15) is 31.4 Å². The van der Waals surface area contributed by atoms with E-state index in [1.807, 2.05) is 25.3 Å². The number of hydrogen-bond acceptors (Lipinski definition) is 3. The third kappa shape index (κ3) is 2.22. The van der Waals surface area contributed by atoms with Gasteiger partial charge >= 0.3 is 5.97 Å². The van der Waals surface area contributed by atoms with Gasteiger partial charge in [0.1, 0.15) is 0 Å². The maximum atomic E-state index is 10.9. The first-order valence-corrected chi connectivity index (χ1v) is 5.57. The molecule has 1 aromatic heterocycles. The van der Waals surface area contributed by atoms with Gasteiger partial charge in [0.15, 0.2) is 0 Å². The van der Waals surface area contributed by atoms with Crippen LogP contribution in [-0.4, -0.2) is 22.1 Å². The van der Waals surface area contributed by atoms with E-state index >= 15 is 0 Å². The van der Waals surface area contributed by atoms with Gasteiger partial charge in [-0.2, -0.15) is 0 Å². The summed E-state index contributed by atoms with van der Waals surface area (Å²) in [5.74, 6) is -0.916. The summed E-state index contributed by atoms with van der Waals surface area (Å²) < 4.78 is 0. The zero-order chi connectivity index (χ0) is 11.5. The molecule has 4 nitrogen and oxygen atoms in total. The fraction of sp³-hybridized carbons (Fsp3) is 0.500. The largest absolute Gasteiger partial charge is 0.481 e. The Morgan fingerprint density at radius 3 is 2.94 bits per heavy atom. The monoisotopic (exact) mass is 220 g/mol. The van der Waals surface area contributed by atoms with Gasteiger partial charge in [-0.3, -0.25) is 9.78 Å². The second-order valence-corrected chi connectivity index (χ2v) is 4.30. The first kappa shape index (κ1) is 11.1. The highest BCUT2D eigenvalue weighted by atomic mass is 16.4. The van der Waals surface area contributed by atoms with Gasteiger partial charge in [-0.25, -0.2) is 0 Å². The second-order valence-electron chi connectivity index (χ2n) is 4.30. The number of nitrogens with zero attached hydrogens (tertiary/aromatic N) is 1. The lowest BCUT2D eigenvalue weighted by atomic mass is 9.79. The summed E-state index contributed by atoms with van der Waals surface area (Å²) in [7, 11) is 0. The number of carboxylic acids is 1. The topological polar surface area (TPSA) is 62.2 Å². The molecule has 0 aromatic carbocycles. The fourth-order valence-corrected chi connectivity index (χ4v) is 2.04. The SMILES string of the molecule is C[C@@H](NC1CCC1C(=O)O)c1cccnc1. The maximum Gasteiger partial charge on any atom is 0.308 e. The summed E-state index contributed by atoms with van der Waals surface area (Å²) in [6, 6.07) is 4.15. The van der Waals surface area contributed by atoms with E-state index in [2.05, 4.69) is 10.3 Å². The molecule has 1 heterocycles. The summed E-state index contributed by atoms with van der Waals surface area (Å²) in [6.07, 6.45) is 5.28. The molecule has 0 bridgehead atoms. The van der Waals surface area contributed by atoms with Crippen LogP contribution in [0.25, 0.3) is 0 Å². The molecular weight excluding hydrogens is 204 g/mol. The van der Waals surface area contributed by atoms with Crippen molar-refractivity contribution in [2.24, 2.45) is 5.92 Å². The third-order valence-electron chi connectivity index (χ3n) is 3.24. The predicted molar refractivity (Wildman–Crippen MR) is 59.9 cm³/mol. The number of carbonyl (C=O) groups is 1. The van der Waals surface area contributed by atoms with Gasteiger partial charge in [0.2, 0.25) is 0 Å². The Kier molecular flexibility index (Phi) is 3.19. The van der Waals surface area contributed by atoms with E-state index in [4.69, 9.17) is 5.11 Å². The van der Waals surface area contributed by atoms with Crippen molar-refractivity contribution in [1.82, 2.24) is 10.3 Å². The van der Waals surface area contributed by atoms with Crippen molar-refractivity contribution in [1.29, 1.82) is 0 Å². The Hall–Kier alpha value is -1.42. The number of aromatic nitrogens is 1. The van der Waals surface area contributed by atoms with E-state index in [-0.39, 0.29) is 18.0 Å². The molecule has 2 unspecified atom stereocenters. The molecule has 1 aliphatic rings. The van der Waals surface area contributed by atoms with Crippen molar-refractivity contribution in [2.45, 2.75) is 31.8 Å². The normalized spacial score (nSPS) is 25.8. The Bertz CT molecular complexity index is 367. The molecular formula is C12H16N2O2. The van der Waals surface area contributed by atoms with Crippen molar-refractivity contribution >= 4 is 5.97 Å². The zero-order valence-corrected chi connectivity index (χ0v) is 9.26. The highest BCUT2D eigenvalue weighted by molar-refractivity contribution is 5.72. The molecule has 4 heteroatoms. The number of nitrogens with one attached hydrogen (secondary N) is 1. The van der Waals surface area contributed by atoms with Crippen LogP contribution in [0.3, 0.4) is 0 Å². The smallest absolute Gasteiger partial charge is 0.308 e. The van der Waals surface area contributed by atoms with Gasteiger partial charge in [-0.05, 0) is 31.4 Å². The first-order valence-electron chi connectivity index (χ1n) is 5.57. The molecule has 0 aliphatic heterocycles. The van der Waals surface area contributed by atoms with E-state index in [9.17, 15) is 4.79 Å². The molecule has 1 fully saturated rings. The molecule has 2 N–H and O–H groups in total. The van der Waals surface area contributed by atoms with Gasteiger partial charge in [0.05, 0.1) is 5.92 Å². The molecule has 86 valence electrons. The zero-order valence-electron chi connectivity index (χ0n) is 9.26. The Morgan fingerprint density at radius 1 is 1.62 bits per heavy atom. The number of aliphatic carboxylic acids is 1. The van der Waals surface area contributed by atoms with Gasteiger partial charge in [0.25, 0.3) is 0 Å². The van der Waals surface area contributed by atoms with Crippen LogP contribution in [0.2, 0.25) is 0 Å². The molecule has 0 spiro atoms. The molecule has 3 atom stereocenters. The molecule has 1 aliphatic carbocycles. The highest BCUT2D eigenvalue weighted by Gasteiger charge is 2.37. The molecule has 1 aromatic rings. The van der Waals surface area contributed by atoms with Gasteiger partial charge < -0.3 is 10.4 Å². The summed E-state index contributed by atoms with van der Waals surface area (Å²) in [5, 5.41) is 12.3. The Labute approximate surface area is 94.7 Å². The van der Waals surface area contributed by atoms with Crippen molar-refractivity contribution in [3.05, 3.63) is 30.1 Å². The number of hydrogen-bond donors (Lipinski definition) is 2. The lowest BCUT2D eigenvalue weighted by molar-refractivity contribution is -0.146. The number of pyridine rings is 1. The lowest BCUT2D eigenvalue weighted by Crippen LogP contribution is -2.48. The summed E-state index contributed by atoms with van der Waals surface area (Å²) in [4.78, 5) is 14.9. The molecule has 16 heavy (non-hydrogen) atoms. The first-order chi connectivity index (χ1) is 7.68. The van der Waals surface area contributed by atoms with Crippen molar-refractivity contribution in [3.8, 4) is 0 Å². The third-order valence-corrected chi connectivity index (χ3v) is 3.24. The van der Waals surface area contributed by atoms with Gasteiger partial charge in [-0.15, -0.1) is 0 Å². The highest BCUT2D eigenvalue weighted by Crippen LogP contribution is 2.29. The summed E-state index contributed by atoms with van der Waals surface area (Å²) in [5.41, 5.74) is 1.10. The molecule has 0 radical (unpaired) electrons. The van der Waals surface area contributed by atoms with Crippen LogP contribution in [0.5, 0.6) is 0 Å². The fourth-order valence-electron chi connectivity index (χ4n) is 2.04. The minimum absolute atomic E-state index is 0.104. The van der Waals surface area contributed by atoms with Crippen LogP contribution in [0.4, 0.5) is 0 Å². The maximum absolute atomic E-state index is 10.9. The van der Waals surface area contributed by atoms with E-state index < -0.39 is 5.97 Å². The van der Waals surface area contributed by atoms with Crippen LogP contribution in [0.15, 0.2) is 24.5 Å². The molecule has 2 rings (SSSR count). The summed E-state index contributed by atoms with van der Waals surface area (Å²) in [6.45, 7) is 2.04. The number of carboxylic acid groups (broad SMARTS) is 1. The van der Waals surface area contributed by atoms with Crippen molar-refractivity contribution < 1.29 is 9.90 Å². The minimum Gasteiger partial charge on any atom is -0.481 e. The van der Waals surface area contributed by atoms with Crippen LogP contribution < -0.4 is 5.32 Å².